The monoisotopic (exact) mass is 312 g/mol. The number of para-hydroxylation sites is 1. The summed E-state index contributed by atoms with van der Waals surface area (Å²) in [4.78, 5) is 21.6. The molecule has 4 rings (SSSR count). The van der Waals surface area contributed by atoms with Crippen molar-refractivity contribution in [2.45, 2.75) is 24.5 Å². The predicted octanol–water partition coefficient (Wildman–Crippen LogP) is 2.71. The third-order valence-electron chi connectivity index (χ3n) is 3.96. The highest BCUT2D eigenvalue weighted by Crippen LogP contribution is 2.31. The van der Waals surface area contributed by atoms with Gasteiger partial charge in [0.25, 0.3) is 5.56 Å². The second-order valence-electron chi connectivity index (χ2n) is 5.57. The van der Waals surface area contributed by atoms with Crippen LogP contribution < -0.4 is 5.56 Å². The Morgan fingerprint density at radius 3 is 2.73 bits per heavy atom. The Morgan fingerprint density at radius 2 is 2.05 bits per heavy atom. The number of thioether (sulfide) groups is 1. The molecule has 1 aromatic carbocycles. The lowest BCUT2D eigenvalue weighted by Crippen LogP contribution is -2.23. The predicted molar refractivity (Wildman–Crippen MR) is 87.6 cm³/mol. The van der Waals surface area contributed by atoms with E-state index in [9.17, 15) is 4.79 Å². The number of aromatic nitrogens is 4. The molecule has 0 radical (unpaired) electrons. The van der Waals surface area contributed by atoms with Crippen LogP contribution in [0.25, 0.3) is 16.7 Å². The number of rotatable bonds is 4. The van der Waals surface area contributed by atoms with Crippen LogP contribution in [0.2, 0.25) is 0 Å². The quantitative estimate of drug-likeness (QED) is 0.549. The van der Waals surface area contributed by atoms with Gasteiger partial charge in [-0.25, -0.2) is 19.3 Å². The van der Waals surface area contributed by atoms with E-state index in [4.69, 9.17) is 0 Å². The second kappa shape index (κ2) is 5.28. The maximum absolute atomic E-state index is 12.7. The van der Waals surface area contributed by atoms with Gasteiger partial charge < -0.3 is 0 Å². The molecule has 22 heavy (non-hydrogen) atoms. The fraction of sp³-hybridized carbons (Fsp3) is 0.312. The molecule has 0 N–H and O–H groups in total. The molecule has 0 bridgehead atoms. The Balaban J connectivity index is 2.02. The lowest BCUT2D eigenvalue weighted by molar-refractivity contribution is 0.505. The molecule has 112 valence electrons. The van der Waals surface area contributed by atoms with Gasteiger partial charge in [0, 0.05) is 12.7 Å². The second-order valence-corrected chi connectivity index (χ2v) is 6.35. The molecule has 1 aliphatic rings. The largest absolute Gasteiger partial charge is 0.278 e. The molecule has 3 aromatic rings. The van der Waals surface area contributed by atoms with Crippen LogP contribution in [-0.4, -0.2) is 25.6 Å². The Bertz CT molecular complexity index is 880. The van der Waals surface area contributed by atoms with Crippen LogP contribution in [0, 0.1) is 5.92 Å². The highest BCUT2D eigenvalue weighted by atomic mass is 32.2. The van der Waals surface area contributed by atoms with Crippen molar-refractivity contribution in [2.75, 3.05) is 6.26 Å². The van der Waals surface area contributed by atoms with Gasteiger partial charge in [-0.15, -0.1) is 0 Å². The van der Waals surface area contributed by atoms with Gasteiger partial charge >= 0.3 is 0 Å². The summed E-state index contributed by atoms with van der Waals surface area (Å²) in [5.74, 6) is 0.609. The van der Waals surface area contributed by atoms with Crippen molar-refractivity contribution in [1.82, 2.24) is 19.3 Å². The van der Waals surface area contributed by atoms with Crippen LogP contribution in [0.4, 0.5) is 0 Å². The molecule has 1 fully saturated rings. The molecule has 0 amide bonds. The molecule has 0 saturated heterocycles. The Hall–Kier alpha value is -2.08. The van der Waals surface area contributed by atoms with Gasteiger partial charge in [0.05, 0.1) is 5.69 Å². The Morgan fingerprint density at radius 1 is 1.27 bits per heavy atom. The van der Waals surface area contributed by atoms with Gasteiger partial charge in [-0.2, -0.15) is 0 Å². The van der Waals surface area contributed by atoms with Crippen molar-refractivity contribution in [3.8, 4) is 5.69 Å². The van der Waals surface area contributed by atoms with Gasteiger partial charge in [-0.05, 0) is 37.1 Å². The minimum absolute atomic E-state index is 0.00148. The third kappa shape index (κ3) is 2.23. The third-order valence-corrected chi connectivity index (χ3v) is 4.53. The summed E-state index contributed by atoms with van der Waals surface area (Å²) in [6.07, 6.45) is 5.99. The minimum Gasteiger partial charge on any atom is -0.267 e. The molecule has 2 heterocycles. The maximum atomic E-state index is 12.7. The summed E-state index contributed by atoms with van der Waals surface area (Å²) in [5.41, 5.74) is 1.65. The molecule has 0 atom stereocenters. The zero-order chi connectivity index (χ0) is 15.1. The average Bonchev–Trinajstić information content (AvgIpc) is 3.34. The molecule has 5 nitrogen and oxygen atoms in total. The summed E-state index contributed by atoms with van der Waals surface area (Å²) in [6, 6.07) is 9.93. The van der Waals surface area contributed by atoms with Gasteiger partial charge in [0.1, 0.15) is 5.39 Å². The lowest BCUT2D eigenvalue weighted by atomic mass is 10.3. The molecule has 0 unspecified atom stereocenters. The minimum atomic E-state index is -0.00148. The van der Waals surface area contributed by atoms with E-state index in [1.54, 1.807) is 6.20 Å². The first kappa shape index (κ1) is 13.6. The maximum Gasteiger partial charge on any atom is 0.278 e. The van der Waals surface area contributed by atoms with Crippen molar-refractivity contribution in [2.24, 2.45) is 5.92 Å². The highest BCUT2D eigenvalue weighted by molar-refractivity contribution is 7.98. The van der Waals surface area contributed by atoms with E-state index in [0.29, 0.717) is 22.1 Å². The molecular weight excluding hydrogens is 296 g/mol. The number of benzene rings is 1. The van der Waals surface area contributed by atoms with E-state index in [1.165, 1.54) is 24.6 Å². The zero-order valence-electron chi connectivity index (χ0n) is 12.3. The van der Waals surface area contributed by atoms with Gasteiger partial charge in [0.2, 0.25) is 0 Å². The van der Waals surface area contributed by atoms with Crippen molar-refractivity contribution < 1.29 is 0 Å². The standard InChI is InChI=1S/C16H16N4OS/c1-22-16-17-9-13-14(18-16)20(12-5-3-2-4-6-12)19(15(13)21)10-11-7-8-11/h2-6,9,11H,7-8,10H2,1H3. The van der Waals surface area contributed by atoms with Crippen LogP contribution >= 0.6 is 11.8 Å². The Labute approximate surface area is 132 Å². The summed E-state index contributed by atoms with van der Waals surface area (Å²) in [6.45, 7) is 0.749. The lowest BCUT2D eigenvalue weighted by Gasteiger charge is -2.11. The summed E-state index contributed by atoms with van der Waals surface area (Å²) >= 11 is 1.48. The smallest absolute Gasteiger partial charge is 0.267 e. The number of hydrogen-bond donors (Lipinski definition) is 0. The number of hydrogen-bond acceptors (Lipinski definition) is 4. The number of nitrogens with zero attached hydrogens (tertiary/aromatic N) is 4. The van der Waals surface area contributed by atoms with E-state index in [0.717, 1.165) is 12.2 Å². The van der Waals surface area contributed by atoms with Crippen LogP contribution in [0.5, 0.6) is 0 Å². The number of fused-ring (bicyclic) bond motifs is 1. The molecule has 6 heteroatoms. The van der Waals surface area contributed by atoms with Crippen molar-refractivity contribution in [1.29, 1.82) is 0 Å². The molecule has 0 aliphatic heterocycles. The SMILES string of the molecule is CSc1ncc2c(=O)n(CC3CC3)n(-c3ccccc3)c2n1. The highest BCUT2D eigenvalue weighted by Gasteiger charge is 2.26. The summed E-state index contributed by atoms with van der Waals surface area (Å²) < 4.78 is 3.76. The Kier molecular flexibility index (Phi) is 3.26. The van der Waals surface area contributed by atoms with Crippen molar-refractivity contribution in [3.05, 3.63) is 46.9 Å². The van der Waals surface area contributed by atoms with E-state index >= 15 is 0 Å². The van der Waals surface area contributed by atoms with Gasteiger partial charge in [-0.1, -0.05) is 30.0 Å². The van der Waals surface area contributed by atoms with Crippen LogP contribution in [0.3, 0.4) is 0 Å². The molecule has 2 aromatic heterocycles. The topological polar surface area (TPSA) is 52.7 Å². The fourth-order valence-corrected chi connectivity index (χ4v) is 2.99. The van der Waals surface area contributed by atoms with E-state index in [2.05, 4.69) is 9.97 Å². The first-order valence-corrected chi connectivity index (χ1v) is 8.58. The van der Waals surface area contributed by atoms with E-state index in [-0.39, 0.29) is 5.56 Å². The summed E-state index contributed by atoms with van der Waals surface area (Å²) in [5, 5.41) is 1.27. The fourth-order valence-electron chi connectivity index (χ4n) is 2.65. The van der Waals surface area contributed by atoms with Crippen LogP contribution in [0.15, 0.2) is 46.5 Å². The molecular formula is C16H16N4OS. The van der Waals surface area contributed by atoms with E-state index < -0.39 is 0 Å². The first-order chi connectivity index (χ1) is 10.8. The molecule has 1 saturated carbocycles. The van der Waals surface area contributed by atoms with E-state index in [1.807, 2.05) is 46.0 Å². The van der Waals surface area contributed by atoms with Gasteiger partial charge in [0.15, 0.2) is 10.8 Å². The average molecular weight is 312 g/mol. The normalized spacial score (nSPS) is 14.6. The molecule has 1 aliphatic carbocycles. The zero-order valence-corrected chi connectivity index (χ0v) is 13.1. The van der Waals surface area contributed by atoms with Gasteiger partial charge in [-0.3, -0.25) is 4.79 Å². The van der Waals surface area contributed by atoms with Crippen molar-refractivity contribution >= 4 is 22.8 Å². The van der Waals surface area contributed by atoms with Crippen molar-refractivity contribution in [3.63, 3.8) is 0 Å². The molecule has 0 spiro atoms. The summed E-state index contributed by atoms with van der Waals surface area (Å²) in [7, 11) is 0. The first-order valence-electron chi connectivity index (χ1n) is 7.36. The van der Waals surface area contributed by atoms with Crippen LogP contribution in [-0.2, 0) is 6.54 Å². The van der Waals surface area contributed by atoms with Crippen LogP contribution in [0.1, 0.15) is 12.8 Å².